The van der Waals surface area contributed by atoms with Gasteiger partial charge in [0.15, 0.2) is 0 Å². The average molecular weight is 212 g/mol. The van der Waals surface area contributed by atoms with E-state index >= 15 is 0 Å². The topological polar surface area (TPSA) is 115 Å². The molecule has 56 valence electrons. The third kappa shape index (κ3) is 162. The van der Waals surface area contributed by atoms with E-state index in [0.717, 1.165) is 0 Å². The van der Waals surface area contributed by atoms with E-state index in [-0.39, 0.29) is 70.2 Å². The van der Waals surface area contributed by atoms with Crippen LogP contribution in [0.5, 0.6) is 0 Å². The Labute approximate surface area is 117 Å². The number of hydrogen-bond donors (Lipinski definition) is 4. The van der Waals surface area contributed by atoms with Crippen molar-refractivity contribution >= 4 is 93.0 Å². The first-order valence-corrected chi connectivity index (χ1v) is 3.19. The molecule has 10 heteroatoms. The second kappa shape index (κ2) is 17.5. The van der Waals surface area contributed by atoms with Crippen molar-refractivity contribution in [3.05, 3.63) is 0 Å². The summed E-state index contributed by atoms with van der Waals surface area (Å²) in [5.74, 6) is 0. The van der Waals surface area contributed by atoms with Crippen molar-refractivity contribution in [1.82, 2.24) is 0 Å². The molecular weight excluding hydrogens is 206 g/mol. The molecule has 10 heavy (non-hydrogen) atoms. The Morgan fingerprint density at radius 2 is 0.800 bits per heavy atom. The minimum atomic E-state index is -2.61. The van der Waals surface area contributed by atoms with Crippen LogP contribution in [0, 0.1) is 0 Å². The van der Waals surface area contributed by atoms with Crippen molar-refractivity contribution in [2.75, 3.05) is 0 Å². The summed E-state index contributed by atoms with van der Waals surface area (Å²) in [7, 11) is 0. The summed E-state index contributed by atoms with van der Waals surface area (Å²) in [6.07, 6.45) is 0. The van der Waals surface area contributed by atoms with E-state index in [0.29, 0.717) is 0 Å². The zero-order valence-corrected chi connectivity index (χ0v) is 5.05. The zero-order chi connectivity index (χ0) is 7.15. The monoisotopic (exact) mass is 212 g/mol. The third-order valence-electron chi connectivity index (χ3n) is 0. The van der Waals surface area contributed by atoms with Crippen LogP contribution in [0.15, 0.2) is 0 Å². The summed E-state index contributed by atoms with van der Waals surface area (Å²) >= 11 is -5.22. The van der Waals surface area contributed by atoms with Gasteiger partial charge in [-0.3, -0.25) is 18.2 Å². The molecule has 0 saturated carbocycles. The van der Waals surface area contributed by atoms with Crippen LogP contribution in [0.1, 0.15) is 0 Å². The van der Waals surface area contributed by atoms with Gasteiger partial charge in [-0.2, -0.15) is 8.42 Å². The molecule has 6 nitrogen and oxygen atoms in total. The molecule has 0 aromatic rings. The molecule has 0 amide bonds. The molecule has 0 aliphatic carbocycles. The van der Waals surface area contributed by atoms with Gasteiger partial charge in [0.05, 0.1) is 0 Å². The zero-order valence-electron chi connectivity index (χ0n) is 3.42. The Balaban J connectivity index is -0.0000000300. The first-order chi connectivity index (χ1) is 3.46. The molecule has 0 saturated heterocycles. The molecule has 0 atom stereocenters. The quantitative estimate of drug-likeness (QED) is 0.274. The van der Waals surface area contributed by atoms with Gasteiger partial charge in [-0.15, -0.1) is 0 Å². The van der Waals surface area contributed by atoms with Crippen molar-refractivity contribution in [2.45, 2.75) is 0 Å². The van der Waals surface area contributed by atoms with Crippen molar-refractivity contribution in [1.29, 1.82) is 0 Å². The maximum absolute atomic E-state index is 8.67. The fraction of sp³-hybridized carbons (Fsp3) is 0. The molecule has 0 spiro atoms. The summed E-state index contributed by atoms with van der Waals surface area (Å²) < 4.78 is 45.7. The SMILES string of the molecule is O=S(O)O.O=S(O)O.[KH].[LiH]. The van der Waals surface area contributed by atoms with Crippen LogP contribution in [0.3, 0.4) is 0 Å². The predicted molar refractivity (Wildman–Crippen MR) is 41.1 cm³/mol. The van der Waals surface area contributed by atoms with Crippen molar-refractivity contribution in [3.63, 3.8) is 0 Å². The fourth-order valence-electron chi connectivity index (χ4n) is 0. The van der Waals surface area contributed by atoms with Gasteiger partial charge in [-0.05, 0) is 0 Å². The minimum absolute atomic E-state index is 0. The van der Waals surface area contributed by atoms with Crippen LogP contribution in [-0.4, -0.2) is 96.9 Å². The number of rotatable bonds is 0. The third-order valence-corrected chi connectivity index (χ3v) is 0. The summed E-state index contributed by atoms with van der Waals surface area (Å²) in [4.78, 5) is 0. The van der Waals surface area contributed by atoms with E-state index in [4.69, 9.17) is 26.6 Å². The molecule has 0 aromatic heterocycles. The molecule has 0 rings (SSSR count). The molecule has 0 radical (unpaired) electrons. The normalized spacial score (nSPS) is 7.00. The molecule has 0 bridgehead atoms. The van der Waals surface area contributed by atoms with Gasteiger partial charge in [0.25, 0.3) is 22.7 Å². The molecule has 4 N–H and O–H groups in total. The van der Waals surface area contributed by atoms with Crippen LogP contribution >= 0.6 is 0 Å². The van der Waals surface area contributed by atoms with E-state index in [9.17, 15) is 0 Å². The summed E-state index contributed by atoms with van der Waals surface area (Å²) in [6, 6.07) is 0. The van der Waals surface area contributed by atoms with Crippen molar-refractivity contribution in [2.24, 2.45) is 0 Å². The molecule has 0 unspecified atom stereocenters. The van der Waals surface area contributed by atoms with E-state index in [1.54, 1.807) is 0 Å². The molecule has 0 heterocycles. The fourth-order valence-corrected chi connectivity index (χ4v) is 0. The van der Waals surface area contributed by atoms with Gasteiger partial charge < -0.3 is 0 Å². The predicted octanol–water partition coefficient (Wildman–Crippen LogP) is -1.93. The van der Waals surface area contributed by atoms with Gasteiger partial charge in [-0.25, -0.2) is 0 Å². The molecule has 0 aliphatic heterocycles. The van der Waals surface area contributed by atoms with Gasteiger partial charge in [0.2, 0.25) is 0 Å². The molecular formula is H6KLiO6S2. The van der Waals surface area contributed by atoms with Gasteiger partial charge in [0.1, 0.15) is 0 Å². The van der Waals surface area contributed by atoms with Crippen LogP contribution in [0.25, 0.3) is 0 Å². The van der Waals surface area contributed by atoms with Crippen LogP contribution in [0.2, 0.25) is 0 Å². The summed E-state index contributed by atoms with van der Waals surface area (Å²) in [6.45, 7) is 0. The Morgan fingerprint density at radius 3 is 0.800 bits per heavy atom. The van der Waals surface area contributed by atoms with E-state index in [1.165, 1.54) is 0 Å². The van der Waals surface area contributed by atoms with Crippen LogP contribution < -0.4 is 0 Å². The van der Waals surface area contributed by atoms with Gasteiger partial charge >= 0.3 is 70.2 Å². The standard InChI is InChI=1S/K.Li.2H2O3S.2H/c;;2*1-4(2)3;;/h;;2*(H2,1,2,3);;. The van der Waals surface area contributed by atoms with Gasteiger partial charge in [-0.1, -0.05) is 0 Å². The Morgan fingerprint density at radius 1 is 0.800 bits per heavy atom. The summed E-state index contributed by atoms with van der Waals surface area (Å²) in [5.41, 5.74) is 0. The Kier molecular flexibility index (Phi) is 39.8. The van der Waals surface area contributed by atoms with Crippen molar-refractivity contribution in [3.8, 4) is 0 Å². The molecule has 0 aliphatic rings. The maximum atomic E-state index is 8.67. The Bertz CT molecular complexity index is 73.7. The van der Waals surface area contributed by atoms with Crippen LogP contribution in [-0.2, 0) is 22.7 Å². The second-order valence-corrected chi connectivity index (χ2v) is 1.38. The Hall–Kier alpha value is 2.37. The first kappa shape index (κ1) is 22.8. The van der Waals surface area contributed by atoms with E-state index in [2.05, 4.69) is 0 Å². The number of hydrogen-bond acceptors (Lipinski definition) is 2. The van der Waals surface area contributed by atoms with E-state index < -0.39 is 22.7 Å². The molecule has 0 fully saturated rings. The first-order valence-electron chi connectivity index (χ1n) is 1.06. The molecule has 0 aromatic carbocycles. The summed E-state index contributed by atoms with van der Waals surface area (Å²) in [5, 5.41) is 0. The van der Waals surface area contributed by atoms with Gasteiger partial charge in [0, 0.05) is 0 Å². The van der Waals surface area contributed by atoms with Crippen LogP contribution in [0.4, 0.5) is 0 Å². The average Bonchev–Trinajstić information content (AvgIpc) is 1.25. The van der Waals surface area contributed by atoms with Crippen molar-refractivity contribution < 1.29 is 26.6 Å². The van der Waals surface area contributed by atoms with E-state index in [1.807, 2.05) is 0 Å². The second-order valence-electron chi connectivity index (χ2n) is 0.461.